The summed E-state index contributed by atoms with van der Waals surface area (Å²) in [6, 6.07) is 6.28. The number of hydrogen-bond donors (Lipinski definition) is 3. The molecule has 0 atom stereocenters. The Morgan fingerprint density at radius 2 is 2.00 bits per heavy atom. The van der Waals surface area contributed by atoms with Crippen LogP contribution in [-0.4, -0.2) is 27.6 Å². The molecule has 1 aromatic rings. The van der Waals surface area contributed by atoms with Gasteiger partial charge >= 0.3 is 5.97 Å². The van der Waals surface area contributed by atoms with E-state index in [9.17, 15) is 14.7 Å². The van der Waals surface area contributed by atoms with Crippen LogP contribution in [-0.2, 0) is 16.0 Å². The zero-order valence-electron chi connectivity index (χ0n) is 9.73. The minimum absolute atomic E-state index is 0.0328. The van der Waals surface area contributed by atoms with Crippen LogP contribution in [0.2, 0.25) is 0 Å². The van der Waals surface area contributed by atoms with Crippen molar-refractivity contribution in [1.29, 1.82) is 0 Å². The summed E-state index contributed by atoms with van der Waals surface area (Å²) >= 11 is 0. The van der Waals surface area contributed by atoms with Crippen molar-refractivity contribution in [2.24, 2.45) is 0 Å². The minimum atomic E-state index is -1.30. The summed E-state index contributed by atoms with van der Waals surface area (Å²) in [6.45, 7) is 2.82. The van der Waals surface area contributed by atoms with Crippen LogP contribution in [0.3, 0.4) is 0 Å². The standard InChI is InChI=1S/C12H15NO4/c1-12(2,11(16)17)13-10(15)7-8-4-3-5-9(14)6-8/h3-6,14H,7H2,1-2H3,(H,13,15)(H,16,17). The molecule has 0 saturated heterocycles. The van der Waals surface area contributed by atoms with E-state index in [1.54, 1.807) is 12.1 Å². The number of carbonyl (C=O) groups is 2. The average Bonchev–Trinajstić information content (AvgIpc) is 2.15. The topological polar surface area (TPSA) is 86.6 Å². The van der Waals surface area contributed by atoms with Crippen LogP contribution in [0.5, 0.6) is 5.75 Å². The molecule has 17 heavy (non-hydrogen) atoms. The molecule has 1 amide bonds. The van der Waals surface area contributed by atoms with E-state index in [2.05, 4.69) is 5.32 Å². The number of nitrogens with one attached hydrogen (secondary N) is 1. The molecule has 0 unspecified atom stereocenters. The molecule has 0 aliphatic heterocycles. The fourth-order valence-corrected chi connectivity index (χ4v) is 1.30. The molecule has 5 nitrogen and oxygen atoms in total. The van der Waals surface area contributed by atoms with Gasteiger partial charge in [-0.05, 0) is 31.5 Å². The van der Waals surface area contributed by atoms with Crippen LogP contribution >= 0.6 is 0 Å². The van der Waals surface area contributed by atoms with Crippen LogP contribution in [0.1, 0.15) is 19.4 Å². The molecule has 0 aromatic heterocycles. The number of benzene rings is 1. The first-order valence-corrected chi connectivity index (χ1v) is 5.13. The molecule has 0 radical (unpaired) electrons. The Labute approximate surface area is 99.1 Å². The maximum Gasteiger partial charge on any atom is 0.328 e. The lowest BCUT2D eigenvalue weighted by Gasteiger charge is -2.20. The van der Waals surface area contributed by atoms with Crippen molar-refractivity contribution in [2.75, 3.05) is 0 Å². The van der Waals surface area contributed by atoms with Crippen LogP contribution < -0.4 is 5.32 Å². The van der Waals surface area contributed by atoms with E-state index >= 15 is 0 Å². The zero-order chi connectivity index (χ0) is 13.1. The largest absolute Gasteiger partial charge is 0.508 e. The van der Waals surface area contributed by atoms with E-state index in [1.165, 1.54) is 26.0 Å². The summed E-state index contributed by atoms with van der Waals surface area (Å²) in [5, 5.41) is 20.5. The summed E-state index contributed by atoms with van der Waals surface area (Å²) in [5.74, 6) is -1.42. The van der Waals surface area contributed by atoms with Gasteiger partial charge in [0.1, 0.15) is 11.3 Å². The normalized spacial score (nSPS) is 10.9. The SMILES string of the molecule is CC(C)(NC(=O)Cc1cccc(O)c1)C(=O)O. The minimum Gasteiger partial charge on any atom is -0.508 e. The van der Waals surface area contributed by atoms with E-state index in [0.717, 1.165) is 0 Å². The van der Waals surface area contributed by atoms with E-state index in [4.69, 9.17) is 5.11 Å². The quantitative estimate of drug-likeness (QED) is 0.726. The molecule has 1 aromatic carbocycles. The number of aromatic hydroxyl groups is 1. The lowest BCUT2D eigenvalue weighted by Crippen LogP contribution is -2.50. The molecule has 0 spiro atoms. The Morgan fingerprint density at radius 3 is 2.53 bits per heavy atom. The highest BCUT2D eigenvalue weighted by molar-refractivity contribution is 5.87. The van der Waals surface area contributed by atoms with Gasteiger partial charge in [0.25, 0.3) is 0 Å². The van der Waals surface area contributed by atoms with Crippen molar-refractivity contribution in [3.05, 3.63) is 29.8 Å². The Bertz CT molecular complexity index is 440. The number of carbonyl (C=O) groups excluding carboxylic acids is 1. The molecule has 3 N–H and O–H groups in total. The number of carboxylic acid groups (broad SMARTS) is 1. The number of aliphatic carboxylic acids is 1. The third-order valence-corrected chi connectivity index (χ3v) is 2.26. The van der Waals surface area contributed by atoms with Gasteiger partial charge in [-0.2, -0.15) is 0 Å². The molecular formula is C12H15NO4. The maximum absolute atomic E-state index is 11.6. The van der Waals surface area contributed by atoms with Gasteiger partial charge in [0.2, 0.25) is 5.91 Å². The molecule has 92 valence electrons. The van der Waals surface area contributed by atoms with Crippen LogP contribution in [0.25, 0.3) is 0 Å². The lowest BCUT2D eigenvalue weighted by molar-refractivity contribution is -0.145. The van der Waals surface area contributed by atoms with E-state index < -0.39 is 17.4 Å². The van der Waals surface area contributed by atoms with Crippen molar-refractivity contribution in [1.82, 2.24) is 5.32 Å². The van der Waals surface area contributed by atoms with Gasteiger partial charge in [-0.15, -0.1) is 0 Å². The number of phenols is 1. The Balaban J connectivity index is 2.65. The van der Waals surface area contributed by atoms with Gasteiger partial charge in [0.15, 0.2) is 0 Å². The molecule has 0 bridgehead atoms. The Morgan fingerprint density at radius 1 is 1.35 bits per heavy atom. The van der Waals surface area contributed by atoms with Gasteiger partial charge in [0, 0.05) is 0 Å². The first-order chi connectivity index (χ1) is 7.81. The van der Waals surface area contributed by atoms with Crippen LogP contribution in [0.4, 0.5) is 0 Å². The Kier molecular flexibility index (Phi) is 3.73. The zero-order valence-corrected chi connectivity index (χ0v) is 9.73. The number of hydrogen-bond acceptors (Lipinski definition) is 3. The van der Waals surface area contributed by atoms with Crippen molar-refractivity contribution >= 4 is 11.9 Å². The maximum atomic E-state index is 11.6. The highest BCUT2D eigenvalue weighted by atomic mass is 16.4. The van der Waals surface area contributed by atoms with Crippen LogP contribution in [0.15, 0.2) is 24.3 Å². The predicted octanol–water partition coefficient (Wildman–Crippen LogP) is 0.914. The fraction of sp³-hybridized carbons (Fsp3) is 0.333. The Hall–Kier alpha value is -2.04. The molecule has 0 saturated carbocycles. The van der Waals surface area contributed by atoms with Crippen LogP contribution in [0, 0.1) is 0 Å². The monoisotopic (exact) mass is 237 g/mol. The molecule has 1 rings (SSSR count). The van der Waals surface area contributed by atoms with Crippen molar-refractivity contribution < 1.29 is 19.8 Å². The molecule has 0 heterocycles. The second-order valence-electron chi connectivity index (χ2n) is 4.33. The predicted molar refractivity (Wildman–Crippen MR) is 61.7 cm³/mol. The first kappa shape index (κ1) is 13.0. The van der Waals surface area contributed by atoms with Gasteiger partial charge < -0.3 is 15.5 Å². The molecule has 0 aliphatic carbocycles. The molecule has 0 aliphatic rings. The van der Waals surface area contributed by atoms with Crippen molar-refractivity contribution in [2.45, 2.75) is 25.8 Å². The molecule has 0 fully saturated rings. The highest BCUT2D eigenvalue weighted by Crippen LogP contribution is 2.12. The average molecular weight is 237 g/mol. The summed E-state index contributed by atoms with van der Waals surface area (Å²) in [7, 11) is 0. The van der Waals surface area contributed by atoms with E-state index in [1.807, 2.05) is 0 Å². The number of rotatable bonds is 4. The third-order valence-electron chi connectivity index (χ3n) is 2.26. The highest BCUT2D eigenvalue weighted by Gasteiger charge is 2.28. The summed E-state index contributed by atoms with van der Waals surface area (Å²) in [4.78, 5) is 22.4. The number of amides is 1. The summed E-state index contributed by atoms with van der Waals surface area (Å²) in [5.41, 5.74) is -0.669. The third kappa shape index (κ3) is 3.79. The van der Waals surface area contributed by atoms with Gasteiger partial charge in [-0.3, -0.25) is 4.79 Å². The lowest BCUT2D eigenvalue weighted by atomic mass is 10.0. The van der Waals surface area contributed by atoms with Crippen molar-refractivity contribution in [3.8, 4) is 5.75 Å². The van der Waals surface area contributed by atoms with Crippen molar-refractivity contribution in [3.63, 3.8) is 0 Å². The second kappa shape index (κ2) is 4.86. The van der Waals surface area contributed by atoms with Gasteiger partial charge in [0.05, 0.1) is 6.42 Å². The van der Waals surface area contributed by atoms with E-state index in [-0.39, 0.29) is 12.2 Å². The molecular weight excluding hydrogens is 222 g/mol. The first-order valence-electron chi connectivity index (χ1n) is 5.13. The van der Waals surface area contributed by atoms with Gasteiger partial charge in [-0.25, -0.2) is 4.79 Å². The van der Waals surface area contributed by atoms with E-state index in [0.29, 0.717) is 5.56 Å². The molecule has 5 heteroatoms. The number of carboxylic acids is 1. The smallest absolute Gasteiger partial charge is 0.328 e. The van der Waals surface area contributed by atoms with Gasteiger partial charge in [-0.1, -0.05) is 12.1 Å². The summed E-state index contributed by atoms with van der Waals surface area (Å²) in [6.07, 6.45) is 0.0328. The summed E-state index contributed by atoms with van der Waals surface area (Å²) < 4.78 is 0. The second-order valence-corrected chi connectivity index (χ2v) is 4.33. The number of phenolic OH excluding ortho intramolecular Hbond substituents is 1. The fourth-order valence-electron chi connectivity index (χ4n) is 1.30.